The maximum Gasteiger partial charge on any atom is 1.00 e. The van der Waals surface area contributed by atoms with E-state index >= 15 is 0 Å². The molecule has 0 atom stereocenters. The first-order valence-electron chi connectivity index (χ1n) is 5.59. The van der Waals surface area contributed by atoms with E-state index in [4.69, 9.17) is 0 Å². The van der Waals surface area contributed by atoms with Crippen LogP contribution in [0.4, 0.5) is 5.69 Å². The molecule has 0 aliphatic rings. The van der Waals surface area contributed by atoms with Crippen molar-refractivity contribution in [2.45, 2.75) is 33.6 Å². The van der Waals surface area contributed by atoms with Crippen molar-refractivity contribution in [2.24, 2.45) is 0 Å². The zero-order chi connectivity index (χ0) is 10.4. The van der Waals surface area contributed by atoms with E-state index in [1.54, 1.807) is 0 Å². The summed E-state index contributed by atoms with van der Waals surface area (Å²) in [6.07, 6.45) is 2.43. The molecule has 0 aliphatic heterocycles. The van der Waals surface area contributed by atoms with Crippen LogP contribution in [0.2, 0.25) is 0 Å². The molecule has 0 fully saturated rings. The Morgan fingerprint density at radius 1 is 1.13 bits per heavy atom. The summed E-state index contributed by atoms with van der Waals surface area (Å²) in [6, 6.07) is 8.77. The number of rotatable bonds is 5. The molecule has 0 spiro atoms. The molecule has 0 bridgehead atoms. The summed E-state index contributed by atoms with van der Waals surface area (Å²) >= 11 is 0. The number of aryl methyl sites for hydroxylation is 1. The molecule has 0 unspecified atom stereocenters. The van der Waals surface area contributed by atoms with Crippen LogP contribution in [-0.4, -0.2) is 13.1 Å². The van der Waals surface area contributed by atoms with Crippen molar-refractivity contribution in [3.05, 3.63) is 29.8 Å². The van der Waals surface area contributed by atoms with Gasteiger partial charge in [0.2, 0.25) is 0 Å². The van der Waals surface area contributed by atoms with Gasteiger partial charge < -0.3 is 6.33 Å². The molecule has 0 radical (unpaired) electrons. The fourth-order valence-electron chi connectivity index (χ4n) is 1.73. The van der Waals surface area contributed by atoms with Crippen LogP contribution in [0.25, 0.3) is 0 Å². The van der Waals surface area contributed by atoms with Crippen LogP contribution < -0.4 is 23.8 Å². The second-order valence-corrected chi connectivity index (χ2v) is 3.83. The van der Waals surface area contributed by atoms with Gasteiger partial charge in [0, 0.05) is 18.8 Å². The Morgan fingerprint density at radius 2 is 1.73 bits per heavy atom. The van der Waals surface area contributed by atoms with Crippen molar-refractivity contribution in [2.75, 3.05) is 18.0 Å². The van der Waals surface area contributed by atoms with Crippen LogP contribution in [-0.2, 0) is 0 Å². The Kier molecular flexibility index (Phi) is 7.65. The summed E-state index contributed by atoms with van der Waals surface area (Å²) in [7, 11) is 0. The molecule has 0 N–H and O–H groups in total. The van der Waals surface area contributed by atoms with Gasteiger partial charge in [-0.3, -0.25) is 0 Å². The minimum Gasteiger partial charge on any atom is -1.00 e. The quantitative estimate of drug-likeness (QED) is 0.632. The van der Waals surface area contributed by atoms with Crippen LogP contribution in [0.5, 0.6) is 0 Å². The van der Waals surface area contributed by atoms with Crippen LogP contribution in [0.3, 0.4) is 0 Å². The average Bonchev–Trinajstić information content (AvgIpc) is 2.17. The van der Waals surface area contributed by atoms with Gasteiger partial charge in [-0.2, -0.15) is 0 Å². The normalized spacial score (nSPS) is 9.53. The Labute approximate surface area is 108 Å². The van der Waals surface area contributed by atoms with Crippen molar-refractivity contribution >= 4 is 5.69 Å². The predicted molar refractivity (Wildman–Crippen MR) is 65.1 cm³/mol. The number of benzene rings is 1. The van der Waals surface area contributed by atoms with Crippen molar-refractivity contribution in [3.8, 4) is 0 Å². The molecule has 2 heteroatoms. The van der Waals surface area contributed by atoms with Crippen molar-refractivity contribution < 1.29 is 20.3 Å². The zero-order valence-electron chi connectivity index (χ0n) is 11.6. The standard InChI is InChI=1S/C13H21N.Li.H/c1-4-9-14(10-5-2)13-8-6-7-12(3)11-13;;/h6-8,11H,4-5,9-10H2,1-3H3;;/q;+1;-1. The number of anilines is 1. The molecule has 0 saturated heterocycles. The zero-order valence-corrected chi connectivity index (χ0v) is 10.6. The second-order valence-electron chi connectivity index (χ2n) is 3.83. The van der Waals surface area contributed by atoms with Gasteiger partial charge in [-0.05, 0) is 37.5 Å². The minimum atomic E-state index is 0. The van der Waals surface area contributed by atoms with Crippen molar-refractivity contribution in [1.29, 1.82) is 0 Å². The molecular weight excluding hydrogens is 177 g/mol. The van der Waals surface area contributed by atoms with E-state index in [9.17, 15) is 0 Å². The molecule has 80 valence electrons. The Bertz CT molecular complexity index is 272. The van der Waals surface area contributed by atoms with Gasteiger partial charge in [0.1, 0.15) is 0 Å². The largest absolute Gasteiger partial charge is 1.00 e. The Morgan fingerprint density at radius 3 is 2.20 bits per heavy atom. The third kappa shape index (κ3) is 4.78. The van der Waals surface area contributed by atoms with Crippen molar-refractivity contribution in [1.82, 2.24) is 0 Å². The van der Waals surface area contributed by atoms with Gasteiger partial charge in [-0.1, -0.05) is 26.0 Å². The van der Waals surface area contributed by atoms with Gasteiger partial charge >= 0.3 is 18.9 Å². The van der Waals surface area contributed by atoms with Crippen LogP contribution in [0.15, 0.2) is 24.3 Å². The average molecular weight is 199 g/mol. The van der Waals surface area contributed by atoms with Gasteiger partial charge in [0.15, 0.2) is 0 Å². The first-order valence-corrected chi connectivity index (χ1v) is 5.59. The molecular formula is C13H22LiN. The van der Waals surface area contributed by atoms with E-state index in [1.807, 2.05) is 0 Å². The molecule has 0 aliphatic carbocycles. The fourth-order valence-corrected chi connectivity index (χ4v) is 1.73. The summed E-state index contributed by atoms with van der Waals surface area (Å²) < 4.78 is 0. The first-order chi connectivity index (χ1) is 6.77. The van der Waals surface area contributed by atoms with Crippen LogP contribution in [0, 0.1) is 6.92 Å². The van der Waals surface area contributed by atoms with E-state index in [0.717, 1.165) is 13.1 Å². The molecule has 0 aromatic heterocycles. The molecule has 0 saturated carbocycles. The summed E-state index contributed by atoms with van der Waals surface area (Å²) in [6.45, 7) is 8.95. The van der Waals surface area contributed by atoms with E-state index in [2.05, 4.69) is 49.9 Å². The van der Waals surface area contributed by atoms with E-state index in [0.29, 0.717) is 0 Å². The summed E-state index contributed by atoms with van der Waals surface area (Å²) in [5, 5.41) is 0. The summed E-state index contributed by atoms with van der Waals surface area (Å²) in [5.41, 5.74) is 2.72. The van der Waals surface area contributed by atoms with E-state index < -0.39 is 0 Å². The number of nitrogens with zero attached hydrogens (tertiary/aromatic N) is 1. The van der Waals surface area contributed by atoms with Gasteiger partial charge in [-0.15, -0.1) is 0 Å². The number of hydrogen-bond acceptors (Lipinski definition) is 1. The van der Waals surface area contributed by atoms with Gasteiger partial charge in [-0.25, -0.2) is 0 Å². The van der Waals surface area contributed by atoms with Crippen LogP contribution in [0.1, 0.15) is 33.7 Å². The molecule has 1 aromatic rings. The third-order valence-corrected chi connectivity index (χ3v) is 2.35. The van der Waals surface area contributed by atoms with Crippen LogP contribution >= 0.6 is 0 Å². The third-order valence-electron chi connectivity index (χ3n) is 2.35. The maximum atomic E-state index is 2.47. The minimum absolute atomic E-state index is 0. The summed E-state index contributed by atoms with van der Waals surface area (Å²) in [4.78, 5) is 2.47. The smallest absolute Gasteiger partial charge is 1.00 e. The first kappa shape index (κ1) is 14.6. The summed E-state index contributed by atoms with van der Waals surface area (Å²) in [5.74, 6) is 0. The van der Waals surface area contributed by atoms with Crippen molar-refractivity contribution in [3.63, 3.8) is 0 Å². The Balaban J connectivity index is 0. The molecule has 1 rings (SSSR count). The second kappa shape index (κ2) is 7.85. The molecule has 0 heterocycles. The molecule has 15 heavy (non-hydrogen) atoms. The van der Waals surface area contributed by atoms with E-state index in [-0.39, 0.29) is 20.3 Å². The molecule has 0 amide bonds. The van der Waals surface area contributed by atoms with Gasteiger partial charge in [0.25, 0.3) is 0 Å². The topological polar surface area (TPSA) is 3.24 Å². The Hall–Kier alpha value is -0.383. The maximum absolute atomic E-state index is 2.47. The molecule has 1 aromatic carbocycles. The predicted octanol–water partition coefficient (Wildman–Crippen LogP) is 0.738. The fraction of sp³-hybridized carbons (Fsp3) is 0.538. The SMILES string of the molecule is CCCN(CCC)c1cccc(C)c1.[H-].[Li+]. The molecule has 1 nitrogen and oxygen atoms in total. The monoisotopic (exact) mass is 199 g/mol. The van der Waals surface area contributed by atoms with Gasteiger partial charge in [0.05, 0.1) is 0 Å². The van der Waals surface area contributed by atoms with E-state index in [1.165, 1.54) is 24.1 Å². The number of hydrogen-bond donors (Lipinski definition) is 0.